The molecule has 0 heterocycles. The van der Waals surface area contributed by atoms with Crippen molar-refractivity contribution in [3.05, 3.63) is 0 Å². The second kappa shape index (κ2) is 7.33. The van der Waals surface area contributed by atoms with E-state index in [0.717, 1.165) is 6.42 Å². The first-order valence-electron chi connectivity index (χ1n) is 5.99. The Balaban J connectivity index is 4.76. The van der Waals surface area contributed by atoms with Crippen LogP contribution in [0.5, 0.6) is 0 Å². The van der Waals surface area contributed by atoms with Crippen molar-refractivity contribution in [2.45, 2.75) is 51.8 Å². The van der Waals surface area contributed by atoms with Gasteiger partial charge in [0, 0.05) is 6.54 Å². The highest BCUT2D eigenvalue weighted by Crippen LogP contribution is 2.36. The van der Waals surface area contributed by atoms with Gasteiger partial charge in [0.15, 0.2) is 0 Å². The lowest BCUT2D eigenvalue weighted by Crippen LogP contribution is -2.49. The van der Waals surface area contributed by atoms with Gasteiger partial charge < -0.3 is 10.1 Å². The lowest BCUT2D eigenvalue weighted by atomic mass is 10.1. The summed E-state index contributed by atoms with van der Waals surface area (Å²) in [5.41, 5.74) is 0. The fourth-order valence-corrected chi connectivity index (χ4v) is 1.38. The van der Waals surface area contributed by atoms with Crippen LogP contribution in [-0.2, 0) is 4.74 Å². The Kier molecular flexibility index (Phi) is 7.13. The Morgan fingerprint density at radius 3 is 1.79 bits per heavy atom. The average Bonchev–Trinajstić information content (AvgIpc) is 2.18. The van der Waals surface area contributed by atoms with Crippen molar-refractivity contribution in [2.24, 2.45) is 5.92 Å². The summed E-state index contributed by atoms with van der Waals surface area (Å²) < 4.78 is 78.5. The summed E-state index contributed by atoms with van der Waals surface area (Å²) in [6, 6.07) is 0. The van der Waals surface area contributed by atoms with Crippen LogP contribution in [0.1, 0.15) is 27.2 Å². The van der Waals surface area contributed by atoms with Gasteiger partial charge in [-0.15, -0.1) is 0 Å². The topological polar surface area (TPSA) is 21.3 Å². The third-order valence-electron chi connectivity index (χ3n) is 2.42. The van der Waals surface area contributed by atoms with E-state index in [1.54, 1.807) is 0 Å². The molecule has 0 saturated heterocycles. The van der Waals surface area contributed by atoms with Gasteiger partial charge in [-0.3, -0.25) is 0 Å². The first kappa shape index (κ1) is 18.5. The molecule has 1 atom stereocenters. The zero-order valence-corrected chi connectivity index (χ0v) is 11.0. The largest absolute Gasteiger partial charge is 0.423 e. The molecule has 19 heavy (non-hydrogen) atoms. The molecule has 1 unspecified atom stereocenters. The Bertz CT molecular complexity index is 237. The van der Waals surface area contributed by atoms with Crippen molar-refractivity contribution >= 4 is 0 Å². The summed E-state index contributed by atoms with van der Waals surface area (Å²) in [5.74, 6) is -0.462. The quantitative estimate of drug-likeness (QED) is 0.573. The number of ether oxygens (including phenoxy) is 1. The van der Waals surface area contributed by atoms with Crippen LogP contribution >= 0.6 is 0 Å². The molecule has 8 heteroatoms. The highest BCUT2D eigenvalue weighted by atomic mass is 19.4. The number of alkyl halides is 6. The summed E-state index contributed by atoms with van der Waals surface area (Å²) in [7, 11) is 0. The minimum Gasteiger partial charge on any atom is -0.356 e. The van der Waals surface area contributed by atoms with Gasteiger partial charge in [0.25, 0.3) is 0 Å². The Morgan fingerprint density at radius 2 is 1.47 bits per heavy atom. The fraction of sp³-hybridized carbons (Fsp3) is 1.00. The number of nitrogens with one attached hydrogen (secondary N) is 1. The molecule has 116 valence electrons. The molecule has 0 spiro atoms. The van der Waals surface area contributed by atoms with Gasteiger partial charge >= 0.3 is 12.4 Å². The molecular formula is C11H19F6NO. The Labute approximate surface area is 108 Å². The Morgan fingerprint density at radius 1 is 1.00 bits per heavy atom. The maximum absolute atomic E-state index is 12.4. The van der Waals surface area contributed by atoms with Crippen LogP contribution in [0.3, 0.4) is 0 Å². The highest BCUT2D eigenvalue weighted by Gasteiger charge is 2.58. The van der Waals surface area contributed by atoms with Crippen LogP contribution in [0.15, 0.2) is 0 Å². The van der Waals surface area contributed by atoms with Crippen LogP contribution in [0.25, 0.3) is 0 Å². The zero-order chi connectivity index (χ0) is 15.3. The zero-order valence-electron chi connectivity index (χ0n) is 11.0. The Hall–Kier alpha value is -0.500. The molecule has 0 radical (unpaired) electrons. The minimum atomic E-state index is -5.46. The molecule has 0 aromatic rings. The van der Waals surface area contributed by atoms with Gasteiger partial charge in [-0.1, -0.05) is 20.8 Å². The second-order valence-electron chi connectivity index (χ2n) is 4.59. The first-order valence-corrected chi connectivity index (χ1v) is 5.99. The monoisotopic (exact) mass is 295 g/mol. The van der Waals surface area contributed by atoms with E-state index in [9.17, 15) is 26.3 Å². The third-order valence-corrected chi connectivity index (χ3v) is 2.42. The van der Waals surface area contributed by atoms with Gasteiger partial charge in [-0.05, 0) is 18.9 Å². The van der Waals surface area contributed by atoms with Gasteiger partial charge in [0.1, 0.15) is 0 Å². The van der Waals surface area contributed by atoms with Crippen molar-refractivity contribution in [1.29, 1.82) is 0 Å². The van der Waals surface area contributed by atoms with Crippen molar-refractivity contribution in [2.75, 3.05) is 13.1 Å². The lowest BCUT2D eigenvalue weighted by Gasteiger charge is -2.30. The van der Waals surface area contributed by atoms with Crippen LogP contribution in [0.4, 0.5) is 26.3 Å². The van der Waals surface area contributed by atoms with Crippen molar-refractivity contribution in [1.82, 2.24) is 5.32 Å². The van der Waals surface area contributed by atoms with E-state index in [-0.39, 0.29) is 6.54 Å². The molecule has 0 fully saturated rings. The van der Waals surface area contributed by atoms with E-state index in [4.69, 9.17) is 0 Å². The van der Waals surface area contributed by atoms with E-state index in [1.807, 2.05) is 6.92 Å². The second-order valence-corrected chi connectivity index (χ2v) is 4.59. The molecule has 0 aliphatic carbocycles. The molecule has 2 nitrogen and oxygen atoms in total. The number of hydrogen-bond acceptors (Lipinski definition) is 2. The molecule has 0 bridgehead atoms. The molecule has 0 aliphatic rings. The van der Waals surface area contributed by atoms with Crippen LogP contribution in [0.2, 0.25) is 0 Å². The van der Waals surface area contributed by atoms with Gasteiger partial charge in [-0.2, -0.15) is 26.3 Å². The minimum absolute atomic E-state index is 0.0475. The molecule has 0 saturated carbocycles. The average molecular weight is 295 g/mol. The standard InChI is InChI=1S/C11H19F6NO/c1-4-5-18-6-8(7(2)3)19-9(10(12,13)14)11(15,16)17/h7-9,18H,4-6H2,1-3H3. The van der Waals surface area contributed by atoms with Crippen molar-refractivity contribution < 1.29 is 31.1 Å². The maximum atomic E-state index is 12.4. The summed E-state index contributed by atoms with van der Waals surface area (Å²) >= 11 is 0. The number of rotatable bonds is 7. The van der Waals surface area contributed by atoms with E-state index in [0.29, 0.717) is 6.54 Å². The molecule has 0 aliphatic heterocycles. The van der Waals surface area contributed by atoms with E-state index in [1.165, 1.54) is 13.8 Å². The number of hydrogen-bond donors (Lipinski definition) is 1. The summed E-state index contributed by atoms with van der Waals surface area (Å²) in [6.07, 6.45) is -15.1. The van der Waals surface area contributed by atoms with Crippen LogP contribution in [0, 0.1) is 5.92 Å². The van der Waals surface area contributed by atoms with Gasteiger partial charge in [-0.25, -0.2) is 0 Å². The van der Waals surface area contributed by atoms with Crippen LogP contribution < -0.4 is 5.32 Å². The van der Waals surface area contributed by atoms with Crippen LogP contribution in [-0.4, -0.2) is 37.7 Å². The summed E-state index contributed by atoms with van der Waals surface area (Å²) in [6.45, 7) is 5.33. The van der Waals surface area contributed by atoms with E-state index in [2.05, 4.69) is 10.1 Å². The summed E-state index contributed by atoms with van der Waals surface area (Å²) in [5, 5.41) is 2.77. The molecule has 0 rings (SSSR count). The smallest absolute Gasteiger partial charge is 0.356 e. The van der Waals surface area contributed by atoms with E-state index < -0.39 is 30.5 Å². The van der Waals surface area contributed by atoms with Gasteiger partial charge in [0.2, 0.25) is 6.10 Å². The molecule has 1 N–H and O–H groups in total. The lowest BCUT2D eigenvalue weighted by molar-refractivity contribution is -0.333. The van der Waals surface area contributed by atoms with Gasteiger partial charge in [0.05, 0.1) is 6.10 Å². The van der Waals surface area contributed by atoms with Crippen molar-refractivity contribution in [3.63, 3.8) is 0 Å². The number of halogens is 6. The highest BCUT2D eigenvalue weighted by molar-refractivity contribution is 4.79. The SMILES string of the molecule is CCCNCC(OC(C(F)(F)F)C(F)(F)F)C(C)C. The predicted molar refractivity (Wildman–Crippen MR) is 58.8 cm³/mol. The fourth-order valence-electron chi connectivity index (χ4n) is 1.38. The molecule has 0 amide bonds. The third kappa shape index (κ3) is 7.00. The first-order chi connectivity index (χ1) is 8.50. The molecule has 0 aromatic carbocycles. The van der Waals surface area contributed by atoms with E-state index >= 15 is 0 Å². The normalized spacial score (nSPS) is 15.3. The maximum Gasteiger partial charge on any atom is 0.423 e. The van der Waals surface area contributed by atoms with Crippen molar-refractivity contribution in [3.8, 4) is 0 Å². The predicted octanol–water partition coefficient (Wildman–Crippen LogP) is 3.52. The molecular weight excluding hydrogens is 276 g/mol. The molecule has 0 aromatic heterocycles. The summed E-state index contributed by atoms with van der Waals surface area (Å²) in [4.78, 5) is 0.